The molecule has 0 N–H and O–H groups in total. The molecule has 0 aliphatic carbocycles. The van der Waals surface area contributed by atoms with Gasteiger partial charge in [0, 0.05) is 7.11 Å². The summed E-state index contributed by atoms with van der Waals surface area (Å²) in [7, 11) is 1.75. The summed E-state index contributed by atoms with van der Waals surface area (Å²) in [6.45, 7) is 2.14. The first kappa shape index (κ1) is 15.5. The van der Waals surface area contributed by atoms with Crippen molar-refractivity contribution in [3.05, 3.63) is 71.3 Å². The predicted octanol–water partition coefficient (Wildman–Crippen LogP) is 4.87. The van der Waals surface area contributed by atoms with E-state index in [-0.39, 0.29) is 10.0 Å². The normalized spacial score (nSPS) is 13.9. The predicted molar refractivity (Wildman–Crippen MR) is 91.4 cm³/mol. The Hall–Kier alpha value is -0.900. The van der Waals surface area contributed by atoms with Gasteiger partial charge in [-0.05, 0) is 30.0 Å². The van der Waals surface area contributed by atoms with Gasteiger partial charge in [-0.1, -0.05) is 54.6 Å². The first-order valence-electron chi connectivity index (χ1n) is 6.66. The Morgan fingerprint density at radius 3 is 2.35 bits per heavy atom. The van der Waals surface area contributed by atoms with Gasteiger partial charge in [0.05, 0.1) is 4.58 Å². The van der Waals surface area contributed by atoms with Crippen LogP contribution in [-0.2, 0) is 11.2 Å². The third-order valence-corrected chi connectivity index (χ3v) is 4.96. The van der Waals surface area contributed by atoms with Crippen LogP contribution >= 0.6 is 24.4 Å². The average Bonchev–Trinajstić information content (AvgIpc) is 2.48. The molecule has 2 atom stereocenters. The second kappa shape index (κ2) is 7.77. The number of ether oxygens (including phenoxy) is 1. The van der Waals surface area contributed by atoms with Gasteiger partial charge < -0.3 is 4.74 Å². The summed E-state index contributed by atoms with van der Waals surface area (Å²) < 4.78 is 5.80. The standard InChI is InChI=1S/C17H20OS2/c1-13-8-6-7-11-15(13)12-16(19)20-17(18-2)14-9-4-3-5-10-14/h3-11,16-17,19H,12H2,1-2H3. The molecule has 20 heavy (non-hydrogen) atoms. The van der Waals surface area contributed by atoms with Gasteiger partial charge in [-0.25, -0.2) is 0 Å². The van der Waals surface area contributed by atoms with Crippen molar-refractivity contribution in [2.45, 2.75) is 23.4 Å². The lowest BCUT2D eigenvalue weighted by molar-refractivity contribution is 0.175. The van der Waals surface area contributed by atoms with E-state index in [1.54, 1.807) is 18.9 Å². The lowest BCUT2D eigenvalue weighted by Gasteiger charge is -2.20. The zero-order chi connectivity index (χ0) is 14.4. The molecule has 0 radical (unpaired) electrons. The molecule has 0 aliphatic rings. The minimum atomic E-state index is 0.0303. The summed E-state index contributed by atoms with van der Waals surface area (Å²) in [4.78, 5) is 0. The van der Waals surface area contributed by atoms with E-state index in [2.05, 4.69) is 43.3 Å². The van der Waals surface area contributed by atoms with E-state index in [0.717, 1.165) is 6.42 Å². The van der Waals surface area contributed by atoms with Crippen LogP contribution in [0.3, 0.4) is 0 Å². The first-order chi connectivity index (χ1) is 9.70. The number of thiol groups is 1. The summed E-state index contributed by atoms with van der Waals surface area (Å²) in [6.07, 6.45) is 0.938. The fourth-order valence-corrected chi connectivity index (χ4v) is 3.61. The first-order valence-corrected chi connectivity index (χ1v) is 8.12. The van der Waals surface area contributed by atoms with Crippen molar-refractivity contribution in [2.75, 3.05) is 7.11 Å². The molecule has 2 aromatic rings. The second-order valence-electron chi connectivity index (χ2n) is 4.70. The van der Waals surface area contributed by atoms with Crippen molar-refractivity contribution >= 4 is 24.4 Å². The van der Waals surface area contributed by atoms with Gasteiger partial charge in [0.25, 0.3) is 0 Å². The highest BCUT2D eigenvalue weighted by Crippen LogP contribution is 2.35. The van der Waals surface area contributed by atoms with Gasteiger partial charge in [0.1, 0.15) is 5.44 Å². The van der Waals surface area contributed by atoms with E-state index in [1.807, 2.05) is 18.2 Å². The summed E-state index contributed by atoms with van der Waals surface area (Å²) in [5.74, 6) is 0. The Morgan fingerprint density at radius 1 is 1.05 bits per heavy atom. The van der Waals surface area contributed by atoms with Crippen molar-refractivity contribution in [1.29, 1.82) is 0 Å². The lowest BCUT2D eigenvalue weighted by atomic mass is 10.1. The van der Waals surface area contributed by atoms with Crippen LogP contribution in [0.4, 0.5) is 0 Å². The minimum absolute atomic E-state index is 0.0303. The maximum absolute atomic E-state index is 5.59. The van der Waals surface area contributed by atoms with Crippen LogP contribution in [0.1, 0.15) is 22.1 Å². The van der Waals surface area contributed by atoms with Gasteiger partial charge in [0.15, 0.2) is 0 Å². The van der Waals surface area contributed by atoms with Gasteiger partial charge in [0.2, 0.25) is 0 Å². The average molecular weight is 304 g/mol. The maximum Gasteiger partial charge on any atom is 0.129 e. The summed E-state index contributed by atoms with van der Waals surface area (Å²) in [6, 6.07) is 18.7. The molecule has 0 saturated heterocycles. The topological polar surface area (TPSA) is 9.23 Å². The smallest absolute Gasteiger partial charge is 0.129 e. The van der Waals surface area contributed by atoms with Crippen molar-refractivity contribution < 1.29 is 4.74 Å². The Kier molecular flexibility index (Phi) is 6.02. The summed E-state index contributed by atoms with van der Waals surface area (Å²) in [5, 5.41) is 0. The Morgan fingerprint density at radius 2 is 1.70 bits per heavy atom. The third kappa shape index (κ3) is 4.30. The van der Waals surface area contributed by atoms with E-state index in [4.69, 9.17) is 17.4 Å². The van der Waals surface area contributed by atoms with Crippen molar-refractivity contribution in [1.82, 2.24) is 0 Å². The van der Waals surface area contributed by atoms with Gasteiger partial charge in [-0.2, -0.15) is 12.6 Å². The summed E-state index contributed by atoms with van der Waals surface area (Å²) in [5.41, 5.74) is 3.88. The highest BCUT2D eigenvalue weighted by molar-refractivity contribution is 8.10. The number of benzene rings is 2. The Balaban J connectivity index is 2.00. The zero-order valence-corrected chi connectivity index (χ0v) is 13.5. The molecule has 0 saturated carbocycles. The fourth-order valence-electron chi connectivity index (χ4n) is 2.10. The van der Waals surface area contributed by atoms with E-state index >= 15 is 0 Å². The number of thioether (sulfide) groups is 1. The number of rotatable bonds is 6. The molecule has 106 valence electrons. The molecule has 3 heteroatoms. The highest BCUT2D eigenvalue weighted by Gasteiger charge is 2.16. The van der Waals surface area contributed by atoms with Crippen LogP contribution in [0.25, 0.3) is 0 Å². The van der Waals surface area contributed by atoms with E-state index in [0.29, 0.717) is 0 Å². The molecule has 2 aromatic carbocycles. The lowest BCUT2D eigenvalue weighted by Crippen LogP contribution is -2.06. The molecule has 1 nitrogen and oxygen atoms in total. The number of aryl methyl sites for hydroxylation is 1. The van der Waals surface area contributed by atoms with Crippen LogP contribution in [-0.4, -0.2) is 11.7 Å². The van der Waals surface area contributed by atoms with Gasteiger partial charge in [-0.15, -0.1) is 11.8 Å². The molecule has 2 rings (SSSR count). The molecule has 0 aliphatic heterocycles. The largest absolute Gasteiger partial charge is 0.366 e. The third-order valence-electron chi connectivity index (χ3n) is 3.22. The van der Waals surface area contributed by atoms with E-state index in [9.17, 15) is 0 Å². The molecule has 0 heterocycles. The van der Waals surface area contributed by atoms with Crippen LogP contribution < -0.4 is 0 Å². The quantitative estimate of drug-likeness (QED) is 0.602. The van der Waals surface area contributed by atoms with Crippen LogP contribution in [0.5, 0.6) is 0 Å². The summed E-state index contributed by atoms with van der Waals surface area (Å²) >= 11 is 6.46. The Bertz CT molecular complexity index is 528. The van der Waals surface area contributed by atoms with Crippen molar-refractivity contribution in [3.63, 3.8) is 0 Å². The Labute approximate surface area is 131 Å². The van der Waals surface area contributed by atoms with E-state index in [1.165, 1.54) is 16.7 Å². The number of hydrogen-bond donors (Lipinski definition) is 1. The second-order valence-corrected chi connectivity index (χ2v) is 6.94. The molecular weight excluding hydrogens is 284 g/mol. The molecule has 2 unspecified atom stereocenters. The molecular formula is C17H20OS2. The van der Waals surface area contributed by atoms with Crippen molar-refractivity contribution in [3.8, 4) is 0 Å². The molecule has 0 fully saturated rings. The number of hydrogen-bond acceptors (Lipinski definition) is 3. The number of methoxy groups -OCH3 is 1. The fraction of sp³-hybridized carbons (Fsp3) is 0.294. The van der Waals surface area contributed by atoms with Crippen LogP contribution in [0.2, 0.25) is 0 Å². The maximum atomic E-state index is 5.59. The molecule has 0 bridgehead atoms. The zero-order valence-electron chi connectivity index (χ0n) is 11.8. The molecule has 0 aromatic heterocycles. The minimum Gasteiger partial charge on any atom is -0.366 e. The van der Waals surface area contributed by atoms with Gasteiger partial charge in [-0.3, -0.25) is 0 Å². The van der Waals surface area contributed by atoms with E-state index < -0.39 is 0 Å². The van der Waals surface area contributed by atoms with Crippen molar-refractivity contribution in [2.24, 2.45) is 0 Å². The molecule has 0 amide bonds. The van der Waals surface area contributed by atoms with Crippen LogP contribution in [0.15, 0.2) is 54.6 Å². The highest BCUT2D eigenvalue weighted by atomic mass is 32.2. The molecule has 0 spiro atoms. The van der Waals surface area contributed by atoms with Crippen LogP contribution in [0, 0.1) is 6.92 Å². The van der Waals surface area contributed by atoms with Gasteiger partial charge >= 0.3 is 0 Å². The SMILES string of the molecule is COC(SC(S)Cc1ccccc1C)c1ccccc1. The monoisotopic (exact) mass is 304 g/mol.